The van der Waals surface area contributed by atoms with Crippen molar-refractivity contribution in [1.82, 2.24) is 0 Å². The smallest absolute Gasteiger partial charge is 0.200 e. The monoisotopic (exact) mass is 312 g/mol. The van der Waals surface area contributed by atoms with Gasteiger partial charge in [0.15, 0.2) is 18.7 Å². The lowest BCUT2D eigenvalue weighted by molar-refractivity contribution is -0.261. The summed E-state index contributed by atoms with van der Waals surface area (Å²) in [7, 11) is 0. The van der Waals surface area contributed by atoms with E-state index in [-0.39, 0.29) is 0 Å². The standard InChI is InChI=1S/C17H28O5/c1-5-18-16(19-6-2)15(17(20-7-3)21-8-4)22-14-12-10-9-11-13-14/h9-13,15-17H,5-8H2,1-4H3. The number of ether oxygens (including phenoxy) is 5. The fraction of sp³-hybridized carbons (Fsp3) is 0.647. The predicted molar refractivity (Wildman–Crippen MR) is 84.9 cm³/mol. The van der Waals surface area contributed by atoms with E-state index in [1.807, 2.05) is 58.0 Å². The molecule has 0 heterocycles. The fourth-order valence-corrected chi connectivity index (χ4v) is 2.03. The first kappa shape index (κ1) is 18.9. The van der Waals surface area contributed by atoms with Gasteiger partial charge in [-0.05, 0) is 39.8 Å². The van der Waals surface area contributed by atoms with Crippen molar-refractivity contribution >= 4 is 0 Å². The van der Waals surface area contributed by atoms with Crippen molar-refractivity contribution in [2.75, 3.05) is 26.4 Å². The molecule has 0 aromatic heterocycles. The summed E-state index contributed by atoms with van der Waals surface area (Å²) in [6.07, 6.45) is -1.63. The van der Waals surface area contributed by atoms with Gasteiger partial charge in [0, 0.05) is 26.4 Å². The van der Waals surface area contributed by atoms with Crippen LogP contribution in [0.3, 0.4) is 0 Å². The quantitative estimate of drug-likeness (QED) is 0.555. The molecule has 5 heteroatoms. The summed E-state index contributed by atoms with van der Waals surface area (Å²) in [4.78, 5) is 0. The van der Waals surface area contributed by atoms with Crippen molar-refractivity contribution in [2.24, 2.45) is 0 Å². The Balaban J connectivity index is 2.94. The summed E-state index contributed by atoms with van der Waals surface area (Å²) in [5.74, 6) is 0.723. The van der Waals surface area contributed by atoms with E-state index in [9.17, 15) is 0 Å². The third-order valence-corrected chi connectivity index (χ3v) is 2.88. The Labute approximate surface area is 133 Å². The van der Waals surface area contributed by atoms with Gasteiger partial charge in [-0.3, -0.25) is 0 Å². The molecule has 0 bridgehead atoms. The summed E-state index contributed by atoms with van der Waals surface area (Å²) in [6.45, 7) is 9.75. The van der Waals surface area contributed by atoms with Crippen LogP contribution in [0.1, 0.15) is 27.7 Å². The first-order valence-electron chi connectivity index (χ1n) is 7.94. The zero-order valence-corrected chi connectivity index (χ0v) is 14.0. The van der Waals surface area contributed by atoms with Crippen LogP contribution in [0.25, 0.3) is 0 Å². The Morgan fingerprint density at radius 1 is 0.682 bits per heavy atom. The van der Waals surface area contributed by atoms with Gasteiger partial charge in [-0.1, -0.05) is 18.2 Å². The maximum atomic E-state index is 6.05. The molecule has 1 aromatic rings. The number of hydrogen-bond acceptors (Lipinski definition) is 5. The van der Waals surface area contributed by atoms with Gasteiger partial charge < -0.3 is 23.7 Å². The van der Waals surface area contributed by atoms with Crippen LogP contribution in [0.15, 0.2) is 30.3 Å². The highest BCUT2D eigenvalue weighted by atomic mass is 16.7. The summed E-state index contributed by atoms with van der Waals surface area (Å²) in [5, 5.41) is 0. The highest BCUT2D eigenvalue weighted by molar-refractivity contribution is 5.21. The lowest BCUT2D eigenvalue weighted by Gasteiger charge is -2.32. The molecule has 0 amide bonds. The highest BCUT2D eigenvalue weighted by Crippen LogP contribution is 2.20. The van der Waals surface area contributed by atoms with Crippen molar-refractivity contribution in [1.29, 1.82) is 0 Å². The van der Waals surface area contributed by atoms with Crippen molar-refractivity contribution in [2.45, 2.75) is 46.4 Å². The third kappa shape index (κ3) is 6.32. The van der Waals surface area contributed by atoms with Crippen LogP contribution in [0.2, 0.25) is 0 Å². The van der Waals surface area contributed by atoms with Gasteiger partial charge in [-0.2, -0.15) is 0 Å². The second kappa shape index (κ2) is 11.4. The zero-order valence-electron chi connectivity index (χ0n) is 14.0. The van der Waals surface area contributed by atoms with E-state index >= 15 is 0 Å². The molecule has 1 rings (SSSR count). The minimum Gasteiger partial charge on any atom is -0.480 e. The lowest BCUT2D eigenvalue weighted by atomic mass is 10.3. The molecule has 0 fully saturated rings. The molecule has 0 radical (unpaired) electrons. The second-order valence-electron chi connectivity index (χ2n) is 4.45. The van der Waals surface area contributed by atoms with Gasteiger partial charge in [0.2, 0.25) is 0 Å². The van der Waals surface area contributed by atoms with Gasteiger partial charge in [-0.15, -0.1) is 0 Å². The SMILES string of the molecule is CCOC(OCC)C(Oc1ccccc1)C(OCC)OCC. The van der Waals surface area contributed by atoms with Crippen molar-refractivity contribution in [3.05, 3.63) is 30.3 Å². The lowest BCUT2D eigenvalue weighted by Crippen LogP contribution is -2.47. The zero-order chi connectivity index (χ0) is 16.2. The van der Waals surface area contributed by atoms with Gasteiger partial charge in [0.25, 0.3) is 0 Å². The van der Waals surface area contributed by atoms with Crippen LogP contribution in [0.5, 0.6) is 5.75 Å². The van der Waals surface area contributed by atoms with E-state index in [0.29, 0.717) is 26.4 Å². The van der Waals surface area contributed by atoms with Crippen LogP contribution < -0.4 is 4.74 Å². The minimum atomic E-state index is -0.557. The number of para-hydroxylation sites is 1. The van der Waals surface area contributed by atoms with Crippen molar-refractivity contribution < 1.29 is 23.7 Å². The summed E-state index contributed by atoms with van der Waals surface area (Å²) in [6, 6.07) is 9.54. The first-order chi connectivity index (χ1) is 10.8. The molecular formula is C17H28O5. The van der Waals surface area contributed by atoms with E-state index in [1.165, 1.54) is 0 Å². The average Bonchev–Trinajstić information content (AvgIpc) is 2.53. The Hall–Kier alpha value is -1.14. The molecule has 22 heavy (non-hydrogen) atoms. The van der Waals surface area contributed by atoms with Gasteiger partial charge in [-0.25, -0.2) is 0 Å². The Morgan fingerprint density at radius 3 is 1.45 bits per heavy atom. The Morgan fingerprint density at radius 2 is 1.09 bits per heavy atom. The molecule has 1 aromatic carbocycles. The molecular weight excluding hydrogens is 284 g/mol. The largest absolute Gasteiger partial charge is 0.480 e. The van der Waals surface area contributed by atoms with Gasteiger partial charge in [0.1, 0.15) is 5.75 Å². The summed E-state index contributed by atoms with van der Waals surface area (Å²) < 4.78 is 28.8. The Kier molecular flexibility index (Phi) is 9.82. The third-order valence-electron chi connectivity index (χ3n) is 2.88. The first-order valence-corrected chi connectivity index (χ1v) is 7.94. The van der Waals surface area contributed by atoms with Crippen LogP contribution >= 0.6 is 0 Å². The molecule has 0 N–H and O–H groups in total. The molecule has 5 nitrogen and oxygen atoms in total. The molecule has 0 unspecified atom stereocenters. The molecule has 0 saturated carbocycles. The van der Waals surface area contributed by atoms with Gasteiger partial charge >= 0.3 is 0 Å². The molecule has 0 aliphatic carbocycles. The molecule has 0 aliphatic rings. The van der Waals surface area contributed by atoms with Crippen molar-refractivity contribution in [3.8, 4) is 5.75 Å². The Bertz CT molecular complexity index is 343. The fourth-order valence-electron chi connectivity index (χ4n) is 2.03. The average molecular weight is 312 g/mol. The molecule has 126 valence electrons. The maximum Gasteiger partial charge on any atom is 0.200 e. The van der Waals surface area contributed by atoms with Crippen LogP contribution in [0, 0.1) is 0 Å². The maximum absolute atomic E-state index is 6.05. The van der Waals surface area contributed by atoms with E-state index in [1.54, 1.807) is 0 Å². The molecule has 0 atom stereocenters. The normalized spacial score (nSPS) is 11.6. The van der Waals surface area contributed by atoms with E-state index < -0.39 is 18.7 Å². The minimum absolute atomic E-state index is 0.512. The van der Waals surface area contributed by atoms with E-state index in [0.717, 1.165) is 5.75 Å². The molecule has 0 saturated heterocycles. The summed E-state index contributed by atoms with van der Waals surface area (Å²) >= 11 is 0. The number of rotatable bonds is 12. The van der Waals surface area contributed by atoms with Gasteiger partial charge in [0.05, 0.1) is 0 Å². The van der Waals surface area contributed by atoms with E-state index in [4.69, 9.17) is 23.7 Å². The predicted octanol–water partition coefficient (Wildman–Crippen LogP) is 3.23. The van der Waals surface area contributed by atoms with Crippen LogP contribution in [-0.2, 0) is 18.9 Å². The second-order valence-corrected chi connectivity index (χ2v) is 4.45. The van der Waals surface area contributed by atoms with Crippen LogP contribution in [-0.4, -0.2) is 45.1 Å². The number of hydrogen-bond donors (Lipinski definition) is 0. The molecule has 0 aliphatic heterocycles. The van der Waals surface area contributed by atoms with Crippen LogP contribution in [0.4, 0.5) is 0 Å². The summed E-state index contributed by atoms with van der Waals surface area (Å²) in [5.41, 5.74) is 0. The number of benzene rings is 1. The molecule has 0 spiro atoms. The van der Waals surface area contributed by atoms with Crippen molar-refractivity contribution in [3.63, 3.8) is 0 Å². The highest BCUT2D eigenvalue weighted by Gasteiger charge is 2.34. The topological polar surface area (TPSA) is 46.2 Å². The van der Waals surface area contributed by atoms with E-state index in [2.05, 4.69) is 0 Å².